The summed E-state index contributed by atoms with van der Waals surface area (Å²) in [4.78, 5) is 12.9. The lowest BCUT2D eigenvalue weighted by molar-refractivity contribution is -0.119. The summed E-state index contributed by atoms with van der Waals surface area (Å²) in [6, 6.07) is 21.0. The molecule has 0 saturated heterocycles. The van der Waals surface area contributed by atoms with Crippen molar-refractivity contribution < 1.29 is 22.7 Å². The zero-order chi connectivity index (χ0) is 26.3. The van der Waals surface area contributed by atoms with Crippen LogP contribution in [0.3, 0.4) is 0 Å². The highest BCUT2D eigenvalue weighted by Crippen LogP contribution is 2.27. The zero-order valence-electron chi connectivity index (χ0n) is 21.4. The standard InChI is InChI=1S/C28H34N2O5S/c1-21-9-15-26(16-10-21)36(32,33)30(23-7-6-8-25(19-23)34-5)20-27(31)29-17-18-35-24-13-11-22(12-14-24)28(2,3)4/h6-16,19H,17-18,20H2,1-5H3,(H,29,31). The van der Waals surface area contributed by atoms with E-state index in [1.165, 1.54) is 24.8 Å². The van der Waals surface area contributed by atoms with Crippen LogP contribution in [0, 0.1) is 6.92 Å². The van der Waals surface area contributed by atoms with Crippen LogP contribution in [-0.4, -0.2) is 41.1 Å². The van der Waals surface area contributed by atoms with Gasteiger partial charge < -0.3 is 14.8 Å². The molecule has 0 unspecified atom stereocenters. The Morgan fingerprint density at radius 3 is 2.22 bits per heavy atom. The Kier molecular flexibility index (Phi) is 8.63. The molecule has 3 rings (SSSR count). The van der Waals surface area contributed by atoms with Crippen molar-refractivity contribution in [1.29, 1.82) is 0 Å². The number of carbonyl (C=O) groups is 1. The number of rotatable bonds is 10. The first-order valence-corrected chi connectivity index (χ1v) is 13.2. The topological polar surface area (TPSA) is 84.9 Å². The molecule has 0 atom stereocenters. The maximum absolute atomic E-state index is 13.5. The van der Waals surface area contributed by atoms with Crippen molar-refractivity contribution in [3.8, 4) is 11.5 Å². The maximum atomic E-state index is 13.5. The lowest BCUT2D eigenvalue weighted by Crippen LogP contribution is -2.41. The van der Waals surface area contributed by atoms with E-state index in [4.69, 9.17) is 9.47 Å². The SMILES string of the molecule is COc1cccc(N(CC(=O)NCCOc2ccc(C(C)(C)C)cc2)S(=O)(=O)c2ccc(C)cc2)c1. The van der Waals surface area contributed by atoms with E-state index in [9.17, 15) is 13.2 Å². The van der Waals surface area contributed by atoms with Crippen LogP contribution in [0.4, 0.5) is 5.69 Å². The van der Waals surface area contributed by atoms with E-state index in [0.717, 1.165) is 9.87 Å². The van der Waals surface area contributed by atoms with Crippen LogP contribution in [0.1, 0.15) is 31.9 Å². The third kappa shape index (κ3) is 7.01. The molecule has 0 radical (unpaired) electrons. The van der Waals surface area contributed by atoms with E-state index >= 15 is 0 Å². The predicted octanol–water partition coefficient (Wildman–Crippen LogP) is 4.69. The molecule has 0 fully saturated rings. The quantitative estimate of drug-likeness (QED) is 0.400. The van der Waals surface area contributed by atoms with Gasteiger partial charge in [-0.05, 0) is 54.3 Å². The molecule has 0 heterocycles. The number of nitrogens with zero attached hydrogens (tertiary/aromatic N) is 1. The minimum absolute atomic E-state index is 0.0556. The van der Waals surface area contributed by atoms with Gasteiger partial charge in [0, 0.05) is 6.07 Å². The molecule has 0 saturated carbocycles. The number of amides is 1. The van der Waals surface area contributed by atoms with Crippen LogP contribution in [0.5, 0.6) is 11.5 Å². The fourth-order valence-corrected chi connectivity index (χ4v) is 4.93. The lowest BCUT2D eigenvalue weighted by atomic mass is 9.87. The first-order chi connectivity index (χ1) is 17.0. The summed E-state index contributed by atoms with van der Waals surface area (Å²) in [5.74, 6) is 0.750. The Morgan fingerprint density at radius 2 is 1.61 bits per heavy atom. The number of hydrogen-bond donors (Lipinski definition) is 1. The molecule has 3 aromatic rings. The largest absolute Gasteiger partial charge is 0.497 e. The van der Waals surface area contributed by atoms with Gasteiger partial charge in [0.25, 0.3) is 10.0 Å². The fraction of sp³-hybridized carbons (Fsp3) is 0.321. The van der Waals surface area contributed by atoms with Crippen molar-refractivity contribution in [1.82, 2.24) is 5.32 Å². The second-order valence-electron chi connectivity index (χ2n) is 9.50. The Hall–Kier alpha value is -3.52. The van der Waals surface area contributed by atoms with Crippen LogP contribution in [0.15, 0.2) is 77.7 Å². The number of aryl methyl sites for hydroxylation is 1. The van der Waals surface area contributed by atoms with E-state index in [2.05, 4.69) is 26.1 Å². The molecule has 0 aliphatic carbocycles. The molecule has 3 aromatic carbocycles. The summed E-state index contributed by atoms with van der Waals surface area (Å²) in [6.07, 6.45) is 0. The summed E-state index contributed by atoms with van der Waals surface area (Å²) in [7, 11) is -2.49. The first kappa shape index (κ1) is 27.1. The number of ether oxygens (including phenoxy) is 2. The van der Waals surface area contributed by atoms with Gasteiger partial charge >= 0.3 is 0 Å². The van der Waals surface area contributed by atoms with Crippen molar-refractivity contribution in [2.45, 2.75) is 38.0 Å². The summed E-state index contributed by atoms with van der Waals surface area (Å²) in [5.41, 5.74) is 2.53. The van der Waals surface area contributed by atoms with Gasteiger partial charge in [-0.15, -0.1) is 0 Å². The molecule has 0 spiro atoms. The van der Waals surface area contributed by atoms with Gasteiger partial charge in [-0.2, -0.15) is 0 Å². The second kappa shape index (κ2) is 11.5. The van der Waals surface area contributed by atoms with Gasteiger partial charge in [-0.3, -0.25) is 9.10 Å². The van der Waals surface area contributed by atoms with Crippen molar-refractivity contribution in [2.75, 3.05) is 31.1 Å². The third-order valence-electron chi connectivity index (χ3n) is 5.65. The van der Waals surface area contributed by atoms with Crippen LogP contribution in [0.25, 0.3) is 0 Å². The number of carbonyl (C=O) groups excluding carboxylic acids is 1. The zero-order valence-corrected chi connectivity index (χ0v) is 22.3. The highest BCUT2D eigenvalue weighted by atomic mass is 32.2. The third-order valence-corrected chi connectivity index (χ3v) is 7.44. The predicted molar refractivity (Wildman–Crippen MR) is 142 cm³/mol. The number of benzene rings is 3. The van der Waals surface area contributed by atoms with Gasteiger partial charge in [-0.1, -0.05) is 56.7 Å². The van der Waals surface area contributed by atoms with Crippen LogP contribution < -0.4 is 19.1 Å². The molecular weight excluding hydrogens is 476 g/mol. The average molecular weight is 511 g/mol. The van der Waals surface area contributed by atoms with Gasteiger partial charge in [0.05, 0.1) is 24.2 Å². The highest BCUT2D eigenvalue weighted by molar-refractivity contribution is 7.92. The molecular formula is C28H34N2O5S. The van der Waals surface area contributed by atoms with E-state index in [1.807, 2.05) is 31.2 Å². The first-order valence-electron chi connectivity index (χ1n) is 11.7. The Balaban J connectivity index is 1.68. The van der Waals surface area contributed by atoms with Crippen LogP contribution in [0.2, 0.25) is 0 Å². The Bertz CT molecular complexity index is 1260. The van der Waals surface area contributed by atoms with E-state index in [0.29, 0.717) is 17.2 Å². The van der Waals surface area contributed by atoms with Gasteiger partial charge in [0.1, 0.15) is 24.7 Å². The van der Waals surface area contributed by atoms with Gasteiger partial charge in [0.15, 0.2) is 0 Å². The summed E-state index contributed by atoms with van der Waals surface area (Å²) in [6.45, 7) is 8.42. The van der Waals surface area contributed by atoms with Gasteiger partial charge in [-0.25, -0.2) is 8.42 Å². The molecule has 36 heavy (non-hydrogen) atoms. The molecule has 0 aromatic heterocycles. The molecule has 0 aliphatic heterocycles. The molecule has 7 nitrogen and oxygen atoms in total. The Morgan fingerprint density at radius 1 is 0.944 bits per heavy atom. The van der Waals surface area contributed by atoms with Crippen LogP contribution >= 0.6 is 0 Å². The number of anilines is 1. The molecule has 8 heteroatoms. The van der Waals surface area contributed by atoms with Crippen molar-refractivity contribution >= 4 is 21.6 Å². The minimum Gasteiger partial charge on any atom is -0.497 e. The average Bonchev–Trinajstić information content (AvgIpc) is 2.85. The van der Waals surface area contributed by atoms with Crippen molar-refractivity contribution in [2.24, 2.45) is 0 Å². The van der Waals surface area contributed by atoms with E-state index in [1.54, 1.807) is 36.4 Å². The highest BCUT2D eigenvalue weighted by Gasteiger charge is 2.27. The molecule has 0 bridgehead atoms. The summed E-state index contributed by atoms with van der Waals surface area (Å²) >= 11 is 0. The summed E-state index contributed by atoms with van der Waals surface area (Å²) < 4.78 is 39.0. The number of sulfonamides is 1. The normalized spacial score (nSPS) is 11.6. The number of methoxy groups -OCH3 is 1. The van der Waals surface area contributed by atoms with Crippen LogP contribution in [-0.2, 0) is 20.2 Å². The molecule has 0 aliphatic rings. The smallest absolute Gasteiger partial charge is 0.264 e. The molecule has 1 N–H and O–H groups in total. The second-order valence-corrected chi connectivity index (χ2v) is 11.4. The maximum Gasteiger partial charge on any atom is 0.264 e. The molecule has 1 amide bonds. The number of nitrogens with one attached hydrogen (secondary N) is 1. The van der Waals surface area contributed by atoms with Crippen molar-refractivity contribution in [3.63, 3.8) is 0 Å². The monoisotopic (exact) mass is 510 g/mol. The number of hydrogen-bond acceptors (Lipinski definition) is 5. The summed E-state index contributed by atoms with van der Waals surface area (Å²) in [5, 5.41) is 2.75. The minimum atomic E-state index is -4.00. The van der Waals surface area contributed by atoms with E-state index < -0.39 is 15.9 Å². The Labute approximate surface area is 214 Å². The van der Waals surface area contributed by atoms with Gasteiger partial charge in [0.2, 0.25) is 5.91 Å². The van der Waals surface area contributed by atoms with Crippen molar-refractivity contribution in [3.05, 3.63) is 83.9 Å². The van der Waals surface area contributed by atoms with E-state index in [-0.39, 0.29) is 30.0 Å². The molecule has 192 valence electrons. The lowest BCUT2D eigenvalue weighted by Gasteiger charge is -2.24. The fourth-order valence-electron chi connectivity index (χ4n) is 3.51.